The maximum Gasteiger partial charge on any atom is 0.378 e. The molecule has 0 aromatic rings. The lowest BCUT2D eigenvalue weighted by molar-refractivity contribution is -0.165. The van der Waals surface area contributed by atoms with E-state index in [1.54, 1.807) is 20.8 Å². The Labute approximate surface area is 86.8 Å². The molecule has 0 rings (SSSR count). The average molecular weight is 218 g/mol. The third-order valence-electron chi connectivity index (χ3n) is 1.32. The summed E-state index contributed by atoms with van der Waals surface area (Å²) in [5.74, 6) is -4.57. The number of ether oxygens (including phenoxy) is 1. The largest absolute Gasteiger partial charge is 0.479 e. The lowest BCUT2D eigenvalue weighted by Crippen LogP contribution is -2.37. The van der Waals surface area contributed by atoms with E-state index >= 15 is 0 Å². The molecular formula is C9H14O6. The zero-order valence-electron chi connectivity index (χ0n) is 8.81. The Morgan fingerprint density at radius 2 is 1.73 bits per heavy atom. The van der Waals surface area contributed by atoms with Crippen LogP contribution in [0.5, 0.6) is 0 Å². The zero-order chi connectivity index (χ0) is 12.2. The number of rotatable bonds is 4. The minimum atomic E-state index is -2.35. The van der Waals surface area contributed by atoms with Crippen molar-refractivity contribution in [1.82, 2.24) is 0 Å². The predicted octanol–water partition coefficient (Wildman–Crippen LogP) is -0.410. The third-order valence-corrected chi connectivity index (χ3v) is 1.32. The molecule has 0 aromatic carbocycles. The Morgan fingerprint density at radius 1 is 1.27 bits per heavy atom. The van der Waals surface area contributed by atoms with E-state index in [9.17, 15) is 14.4 Å². The summed E-state index contributed by atoms with van der Waals surface area (Å²) in [4.78, 5) is 32.0. The van der Waals surface area contributed by atoms with Crippen molar-refractivity contribution in [2.24, 2.45) is 5.41 Å². The van der Waals surface area contributed by atoms with Crippen LogP contribution in [0.1, 0.15) is 20.8 Å². The van der Waals surface area contributed by atoms with Crippen molar-refractivity contribution >= 4 is 17.7 Å². The summed E-state index contributed by atoms with van der Waals surface area (Å²) < 4.78 is 4.53. The molecule has 0 saturated heterocycles. The van der Waals surface area contributed by atoms with E-state index < -0.39 is 23.8 Å². The van der Waals surface area contributed by atoms with Crippen LogP contribution in [-0.2, 0) is 19.1 Å². The molecule has 0 fully saturated rings. The molecule has 86 valence electrons. The summed E-state index contributed by atoms with van der Waals surface area (Å²) in [6, 6.07) is 0. The van der Waals surface area contributed by atoms with Crippen LogP contribution < -0.4 is 0 Å². The van der Waals surface area contributed by atoms with E-state index in [0.717, 1.165) is 0 Å². The standard InChI is InChI=1S/C9H14O6/c1-9(2,3)4-15-8(14)6(11)5(10)7(12)13/h5,10H,4H2,1-3H3,(H,12,13). The predicted molar refractivity (Wildman–Crippen MR) is 49.1 cm³/mol. The number of esters is 1. The highest BCUT2D eigenvalue weighted by atomic mass is 16.5. The van der Waals surface area contributed by atoms with Crippen LogP contribution in [0.4, 0.5) is 0 Å². The normalized spacial score (nSPS) is 13.1. The number of ketones is 1. The highest BCUT2D eigenvalue weighted by molar-refractivity contribution is 6.39. The number of aliphatic hydroxyl groups excluding tert-OH is 1. The van der Waals surface area contributed by atoms with E-state index in [-0.39, 0.29) is 12.0 Å². The molecule has 0 amide bonds. The van der Waals surface area contributed by atoms with Gasteiger partial charge in [0, 0.05) is 0 Å². The Bertz CT molecular complexity index is 275. The number of carbonyl (C=O) groups excluding carboxylic acids is 2. The van der Waals surface area contributed by atoms with Gasteiger partial charge < -0.3 is 14.9 Å². The van der Waals surface area contributed by atoms with Gasteiger partial charge in [-0.3, -0.25) is 4.79 Å². The molecule has 0 saturated carbocycles. The minimum absolute atomic E-state index is 0.0239. The monoisotopic (exact) mass is 218 g/mol. The van der Waals surface area contributed by atoms with Crippen LogP contribution in [0, 0.1) is 5.41 Å². The molecule has 0 aromatic heterocycles. The Hall–Kier alpha value is -1.43. The average Bonchev–Trinajstić information content (AvgIpc) is 2.10. The number of hydrogen-bond donors (Lipinski definition) is 2. The molecule has 0 spiro atoms. The molecular weight excluding hydrogens is 204 g/mol. The lowest BCUT2D eigenvalue weighted by Gasteiger charge is -2.17. The van der Waals surface area contributed by atoms with Crippen LogP contribution in [0.3, 0.4) is 0 Å². The van der Waals surface area contributed by atoms with Crippen molar-refractivity contribution in [2.45, 2.75) is 26.9 Å². The van der Waals surface area contributed by atoms with Gasteiger partial charge in [-0.15, -0.1) is 0 Å². The second-order valence-electron chi connectivity index (χ2n) is 4.24. The van der Waals surface area contributed by atoms with Crippen molar-refractivity contribution < 1.29 is 29.3 Å². The van der Waals surface area contributed by atoms with Crippen molar-refractivity contribution in [3.63, 3.8) is 0 Å². The first kappa shape index (κ1) is 13.6. The van der Waals surface area contributed by atoms with Crippen molar-refractivity contribution in [3.8, 4) is 0 Å². The maximum atomic E-state index is 10.9. The molecule has 0 aliphatic rings. The second kappa shape index (κ2) is 4.88. The number of aliphatic carboxylic acids is 1. The zero-order valence-corrected chi connectivity index (χ0v) is 8.81. The smallest absolute Gasteiger partial charge is 0.378 e. The van der Waals surface area contributed by atoms with E-state index in [4.69, 9.17) is 10.2 Å². The minimum Gasteiger partial charge on any atom is -0.479 e. The molecule has 0 aliphatic heterocycles. The van der Waals surface area contributed by atoms with Gasteiger partial charge in [-0.2, -0.15) is 0 Å². The van der Waals surface area contributed by atoms with Crippen LogP contribution in [0.15, 0.2) is 0 Å². The number of carbonyl (C=O) groups is 3. The van der Waals surface area contributed by atoms with Gasteiger partial charge in [0.15, 0.2) is 0 Å². The van der Waals surface area contributed by atoms with Crippen LogP contribution >= 0.6 is 0 Å². The topological polar surface area (TPSA) is 101 Å². The first-order chi connectivity index (χ1) is 6.65. The van der Waals surface area contributed by atoms with Crippen molar-refractivity contribution in [1.29, 1.82) is 0 Å². The molecule has 15 heavy (non-hydrogen) atoms. The molecule has 0 heterocycles. The first-order valence-electron chi connectivity index (χ1n) is 4.27. The quantitative estimate of drug-likeness (QED) is 0.378. The van der Waals surface area contributed by atoms with Crippen LogP contribution in [-0.4, -0.2) is 40.6 Å². The van der Waals surface area contributed by atoms with Crippen molar-refractivity contribution in [2.75, 3.05) is 6.61 Å². The summed E-state index contributed by atoms with van der Waals surface area (Å²) in [5, 5.41) is 17.0. The lowest BCUT2D eigenvalue weighted by atomic mass is 9.99. The molecule has 1 unspecified atom stereocenters. The Morgan fingerprint density at radius 3 is 2.07 bits per heavy atom. The Kier molecular flexibility index (Phi) is 4.41. The van der Waals surface area contributed by atoms with E-state index in [1.165, 1.54) is 0 Å². The molecule has 0 bridgehead atoms. The number of carboxylic acids is 1. The van der Waals surface area contributed by atoms with Gasteiger partial charge in [-0.25, -0.2) is 9.59 Å². The van der Waals surface area contributed by atoms with Gasteiger partial charge >= 0.3 is 11.9 Å². The van der Waals surface area contributed by atoms with Gasteiger partial charge in [0.25, 0.3) is 5.78 Å². The molecule has 6 nitrogen and oxygen atoms in total. The van der Waals surface area contributed by atoms with Gasteiger partial charge in [-0.05, 0) is 5.41 Å². The number of hydrogen-bond acceptors (Lipinski definition) is 5. The number of Topliss-reactive ketones (excluding diaryl/α,β-unsaturated/α-hetero) is 1. The van der Waals surface area contributed by atoms with Crippen LogP contribution in [0.2, 0.25) is 0 Å². The SMILES string of the molecule is CC(C)(C)COC(=O)C(=O)C(O)C(=O)O. The third kappa shape index (κ3) is 5.11. The summed E-state index contributed by atoms with van der Waals surface area (Å²) >= 11 is 0. The maximum absolute atomic E-state index is 10.9. The summed E-state index contributed by atoms with van der Waals surface area (Å²) in [6.45, 7) is 5.30. The fourth-order valence-electron chi connectivity index (χ4n) is 0.577. The summed E-state index contributed by atoms with van der Waals surface area (Å²) in [6.07, 6.45) is -2.35. The van der Waals surface area contributed by atoms with E-state index in [0.29, 0.717) is 0 Å². The van der Waals surface area contributed by atoms with E-state index in [1.807, 2.05) is 0 Å². The molecule has 1 atom stereocenters. The van der Waals surface area contributed by atoms with Gasteiger partial charge in [0.05, 0.1) is 6.61 Å². The second-order valence-corrected chi connectivity index (χ2v) is 4.24. The highest BCUT2D eigenvalue weighted by Crippen LogP contribution is 2.13. The first-order valence-corrected chi connectivity index (χ1v) is 4.27. The Balaban J connectivity index is 4.24. The number of aliphatic hydroxyl groups is 1. The summed E-state index contributed by atoms with van der Waals surface area (Å²) in [5.41, 5.74) is -0.329. The molecule has 0 aliphatic carbocycles. The number of carboxylic acid groups (broad SMARTS) is 1. The van der Waals surface area contributed by atoms with Crippen LogP contribution in [0.25, 0.3) is 0 Å². The van der Waals surface area contributed by atoms with Crippen molar-refractivity contribution in [3.05, 3.63) is 0 Å². The van der Waals surface area contributed by atoms with Gasteiger partial charge in [0.2, 0.25) is 6.10 Å². The van der Waals surface area contributed by atoms with E-state index in [2.05, 4.69) is 4.74 Å². The fourth-order valence-corrected chi connectivity index (χ4v) is 0.577. The van der Waals surface area contributed by atoms with Gasteiger partial charge in [-0.1, -0.05) is 20.8 Å². The summed E-state index contributed by atoms with van der Waals surface area (Å²) in [7, 11) is 0. The molecule has 2 N–H and O–H groups in total. The van der Waals surface area contributed by atoms with Gasteiger partial charge in [0.1, 0.15) is 0 Å². The highest BCUT2D eigenvalue weighted by Gasteiger charge is 2.31. The fraction of sp³-hybridized carbons (Fsp3) is 0.667. The molecule has 0 radical (unpaired) electrons. The molecule has 6 heteroatoms.